The molecule has 0 radical (unpaired) electrons. The number of anilines is 1. The lowest BCUT2D eigenvalue weighted by Crippen LogP contribution is -2.23. The third kappa shape index (κ3) is 4.56. The molecule has 2 aromatic carbocycles. The number of aromatic nitrogens is 2. The van der Waals surface area contributed by atoms with Crippen LogP contribution < -0.4 is 15.6 Å². The molecule has 2 aromatic heterocycles. The van der Waals surface area contributed by atoms with Gasteiger partial charge in [-0.1, -0.05) is 36.0 Å². The highest BCUT2D eigenvalue weighted by Gasteiger charge is 2.17. The Labute approximate surface area is 194 Å². The summed E-state index contributed by atoms with van der Waals surface area (Å²) < 4.78 is 7.80. The number of carbonyl (C=O) groups excluding carboxylic acids is 1. The average Bonchev–Trinajstić information content (AvgIpc) is 3.25. The maximum absolute atomic E-state index is 13.3. The zero-order valence-corrected chi connectivity index (χ0v) is 19.7. The van der Waals surface area contributed by atoms with Crippen molar-refractivity contribution in [3.05, 3.63) is 75.4 Å². The number of hydrogen-bond donors (Lipinski definition) is 1. The van der Waals surface area contributed by atoms with Crippen molar-refractivity contribution >= 4 is 44.9 Å². The lowest BCUT2D eigenvalue weighted by Gasteiger charge is -2.15. The molecule has 0 atom stereocenters. The van der Waals surface area contributed by atoms with Gasteiger partial charge in [-0.05, 0) is 61.5 Å². The minimum absolute atomic E-state index is 0.105. The molecule has 0 aliphatic carbocycles. The first kappa shape index (κ1) is 22.1. The maximum Gasteiger partial charge on any atom is 0.276 e. The molecule has 4 aromatic rings. The maximum atomic E-state index is 13.3. The van der Waals surface area contributed by atoms with Crippen LogP contribution in [0.25, 0.3) is 15.9 Å². The normalized spacial score (nSPS) is 11.0. The van der Waals surface area contributed by atoms with Crippen LogP contribution in [0.2, 0.25) is 0 Å². The van der Waals surface area contributed by atoms with Gasteiger partial charge in [0.1, 0.15) is 10.4 Å². The van der Waals surface area contributed by atoms with Gasteiger partial charge in [-0.15, -0.1) is 11.3 Å². The summed E-state index contributed by atoms with van der Waals surface area (Å²) in [5.41, 5.74) is 3.93. The minimum atomic E-state index is -0.200. The van der Waals surface area contributed by atoms with Crippen molar-refractivity contribution in [2.75, 3.05) is 17.7 Å². The first-order valence-electron chi connectivity index (χ1n) is 10.2. The predicted molar refractivity (Wildman–Crippen MR) is 132 cm³/mol. The van der Waals surface area contributed by atoms with Gasteiger partial charge in [0.15, 0.2) is 5.16 Å². The van der Waals surface area contributed by atoms with Crippen molar-refractivity contribution < 1.29 is 9.53 Å². The molecule has 0 unspecified atom stereocenters. The molecule has 32 heavy (non-hydrogen) atoms. The number of ether oxygens (including phenoxy) is 1. The molecule has 0 aliphatic rings. The van der Waals surface area contributed by atoms with Crippen molar-refractivity contribution in [3.63, 3.8) is 0 Å². The van der Waals surface area contributed by atoms with E-state index in [1.54, 1.807) is 10.6 Å². The number of aryl methyl sites for hydroxylation is 2. The highest BCUT2D eigenvalue weighted by Crippen LogP contribution is 2.27. The number of para-hydroxylation sites is 2. The second-order valence-electron chi connectivity index (χ2n) is 7.23. The number of thioether (sulfide) groups is 1. The zero-order valence-electron chi connectivity index (χ0n) is 18.0. The number of carbonyl (C=O) groups is 1. The molecule has 0 aliphatic heterocycles. The topological polar surface area (TPSA) is 73.2 Å². The van der Waals surface area contributed by atoms with Gasteiger partial charge < -0.3 is 10.1 Å². The number of hydrogen-bond acceptors (Lipinski definition) is 6. The van der Waals surface area contributed by atoms with Crippen molar-refractivity contribution in [1.82, 2.24) is 9.55 Å². The first-order valence-corrected chi connectivity index (χ1v) is 12.1. The summed E-state index contributed by atoms with van der Waals surface area (Å²) >= 11 is 2.61. The quantitative estimate of drug-likeness (QED) is 0.300. The minimum Gasteiger partial charge on any atom is -0.492 e. The number of fused-ring (bicyclic) bond motifs is 1. The Bertz CT molecular complexity index is 1340. The Balaban J connectivity index is 1.65. The summed E-state index contributed by atoms with van der Waals surface area (Å²) in [7, 11) is 0. The second kappa shape index (κ2) is 9.58. The van der Waals surface area contributed by atoms with E-state index in [9.17, 15) is 9.59 Å². The summed E-state index contributed by atoms with van der Waals surface area (Å²) in [5, 5.41) is 5.24. The fraction of sp³-hybridized carbons (Fsp3) is 0.208. The Hall–Kier alpha value is -3.10. The van der Waals surface area contributed by atoms with E-state index in [2.05, 4.69) is 5.32 Å². The molecular weight excluding hydrogens is 442 g/mol. The smallest absolute Gasteiger partial charge is 0.276 e. The molecule has 164 valence electrons. The standard InChI is InChI=1S/C24H23N3O3S2/c1-4-30-20-8-6-5-7-17(20)25-21(28)14-32-24-26-18-11-12-31-22(18)23(29)27(24)19-13-15(2)9-10-16(19)3/h5-13H,4,14H2,1-3H3,(H,25,28). The molecule has 0 saturated carbocycles. The van der Waals surface area contributed by atoms with E-state index in [4.69, 9.17) is 9.72 Å². The van der Waals surface area contributed by atoms with Crippen LogP contribution >= 0.6 is 23.1 Å². The summed E-state index contributed by atoms with van der Waals surface area (Å²) in [6.45, 7) is 6.36. The molecule has 0 saturated heterocycles. The molecule has 8 heteroatoms. The second-order valence-corrected chi connectivity index (χ2v) is 9.08. The van der Waals surface area contributed by atoms with Crippen LogP contribution in [0.4, 0.5) is 5.69 Å². The highest BCUT2D eigenvalue weighted by atomic mass is 32.2. The number of nitrogens with zero attached hydrogens (tertiary/aromatic N) is 2. The lowest BCUT2D eigenvalue weighted by atomic mass is 10.1. The summed E-state index contributed by atoms with van der Waals surface area (Å²) in [6, 6.07) is 15.1. The summed E-state index contributed by atoms with van der Waals surface area (Å²) in [5.74, 6) is 0.528. The van der Waals surface area contributed by atoms with Crippen LogP contribution in [-0.4, -0.2) is 27.8 Å². The van der Waals surface area contributed by atoms with Crippen molar-refractivity contribution in [2.24, 2.45) is 0 Å². The van der Waals surface area contributed by atoms with E-state index >= 15 is 0 Å². The van der Waals surface area contributed by atoms with Crippen molar-refractivity contribution in [3.8, 4) is 11.4 Å². The number of thiophene rings is 1. The van der Waals surface area contributed by atoms with Gasteiger partial charge in [-0.2, -0.15) is 0 Å². The molecule has 0 bridgehead atoms. The fourth-order valence-corrected chi connectivity index (χ4v) is 4.89. The Kier molecular flexibility index (Phi) is 6.62. The number of nitrogens with one attached hydrogen (secondary N) is 1. The van der Waals surface area contributed by atoms with Gasteiger partial charge in [-0.25, -0.2) is 4.98 Å². The number of rotatable bonds is 7. The summed E-state index contributed by atoms with van der Waals surface area (Å²) in [6.07, 6.45) is 0. The molecule has 2 heterocycles. The van der Waals surface area contributed by atoms with Crippen LogP contribution in [0.15, 0.2) is 63.9 Å². The van der Waals surface area contributed by atoms with E-state index in [0.29, 0.717) is 33.4 Å². The molecule has 0 spiro atoms. The first-order chi connectivity index (χ1) is 15.5. The zero-order chi connectivity index (χ0) is 22.7. The Morgan fingerprint density at radius 2 is 2.00 bits per heavy atom. The molecular formula is C24H23N3O3S2. The Morgan fingerprint density at radius 3 is 2.81 bits per heavy atom. The van der Waals surface area contributed by atoms with Crippen LogP contribution in [0.3, 0.4) is 0 Å². The van der Waals surface area contributed by atoms with E-state index in [1.165, 1.54) is 23.1 Å². The monoisotopic (exact) mass is 465 g/mol. The third-order valence-corrected chi connectivity index (χ3v) is 6.68. The highest BCUT2D eigenvalue weighted by molar-refractivity contribution is 7.99. The van der Waals surface area contributed by atoms with Crippen LogP contribution in [-0.2, 0) is 4.79 Å². The van der Waals surface area contributed by atoms with E-state index in [-0.39, 0.29) is 17.2 Å². The number of benzene rings is 2. The SMILES string of the molecule is CCOc1ccccc1NC(=O)CSc1nc2ccsc2c(=O)n1-c1cc(C)ccc1C. The van der Waals surface area contributed by atoms with Gasteiger partial charge in [0, 0.05) is 0 Å². The van der Waals surface area contributed by atoms with Crippen LogP contribution in [0, 0.1) is 13.8 Å². The van der Waals surface area contributed by atoms with Gasteiger partial charge in [-0.3, -0.25) is 14.2 Å². The fourth-order valence-electron chi connectivity index (χ4n) is 3.33. The van der Waals surface area contributed by atoms with Crippen molar-refractivity contribution in [1.29, 1.82) is 0 Å². The third-order valence-electron chi connectivity index (χ3n) is 4.85. The predicted octanol–water partition coefficient (Wildman–Crippen LogP) is 5.19. The lowest BCUT2D eigenvalue weighted by molar-refractivity contribution is -0.113. The molecule has 1 N–H and O–H groups in total. The van der Waals surface area contributed by atoms with Gasteiger partial charge in [0.05, 0.1) is 29.3 Å². The molecule has 6 nitrogen and oxygen atoms in total. The van der Waals surface area contributed by atoms with Crippen LogP contribution in [0.1, 0.15) is 18.1 Å². The molecule has 0 fully saturated rings. The van der Waals surface area contributed by atoms with Crippen LogP contribution in [0.5, 0.6) is 5.75 Å². The van der Waals surface area contributed by atoms with Crippen molar-refractivity contribution in [2.45, 2.75) is 25.9 Å². The Morgan fingerprint density at radius 1 is 1.19 bits per heavy atom. The molecule has 4 rings (SSSR count). The average molecular weight is 466 g/mol. The largest absolute Gasteiger partial charge is 0.492 e. The van der Waals surface area contributed by atoms with E-state index in [1.807, 2.05) is 68.6 Å². The molecule has 1 amide bonds. The van der Waals surface area contributed by atoms with Gasteiger partial charge in [0.25, 0.3) is 5.56 Å². The van der Waals surface area contributed by atoms with Gasteiger partial charge in [0.2, 0.25) is 5.91 Å². The van der Waals surface area contributed by atoms with Gasteiger partial charge >= 0.3 is 0 Å². The number of amides is 1. The van der Waals surface area contributed by atoms with E-state index in [0.717, 1.165) is 16.8 Å². The summed E-state index contributed by atoms with van der Waals surface area (Å²) in [4.78, 5) is 30.7. The van der Waals surface area contributed by atoms with E-state index < -0.39 is 0 Å².